The topological polar surface area (TPSA) is 81.8 Å². The van der Waals surface area contributed by atoms with Gasteiger partial charge in [-0.05, 0) is 6.07 Å². The summed E-state index contributed by atoms with van der Waals surface area (Å²) in [4.78, 5) is 34.8. The zero-order valence-electron chi connectivity index (χ0n) is 17.4. The number of anilines is 2. The van der Waals surface area contributed by atoms with Crippen LogP contribution in [0.1, 0.15) is 10.4 Å². The van der Waals surface area contributed by atoms with Crippen LogP contribution in [0.25, 0.3) is 0 Å². The number of alkyl halides is 3. The number of carbonyl (C=O) groups is 1. The van der Waals surface area contributed by atoms with Crippen LogP contribution in [0.2, 0.25) is 0 Å². The number of aromatic nitrogens is 2. The molecule has 1 N–H and O–H groups in total. The molecule has 2 aliphatic heterocycles. The van der Waals surface area contributed by atoms with Gasteiger partial charge >= 0.3 is 6.18 Å². The largest absolute Gasteiger partial charge is 0.410 e. The van der Waals surface area contributed by atoms with E-state index >= 15 is 0 Å². The minimum Gasteiger partial charge on any atom is -0.373 e. The molecule has 0 bridgehead atoms. The molecule has 2 aromatic heterocycles. The van der Waals surface area contributed by atoms with Crippen LogP contribution >= 0.6 is 0 Å². The van der Waals surface area contributed by atoms with E-state index in [0.29, 0.717) is 24.5 Å². The third kappa shape index (κ3) is 4.85. The number of amides is 1. The van der Waals surface area contributed by atoms with Crippen molar-refractivity contribution in [3.05, 3.63) is 64.6 Å². The first-order valence-electron chi connectivity index (χ1n) is 10.1. The zero-order valence-corrected chi connectivity index (χ0v) is 17.4. The standard InChI is InChI=1S/C21H21F4N5O3/c1-13-12-33-5-4-29(13)16-7-18(27-19(31)8-16)30-3-2-28(11-17(30)21(23,24)25)20(32)14-6-15(22)10-26-9-14/h6-10,17H,1-5,11-12H2,(H,27,31). The number of halogens is 4. The monoisotopic (exact) mass is 467 g/mol. The Morgan fingerprint density at radius 2 is 1.97 bits per heavy atom. The molecule has 8 nitrogen and oxygen atoms in total. The van der Waals surface area contributed by atoms with Gasteiger partial charge in [0.25, 0.3) is 11.5 Å². The molecule has 0 aliphatic carbocycles. The lowest BCUT2D eigenvalue weighted by atomic mass is 10.1. The fraction of sp³-hybridized carbons (Fsp3) is 0.381. The molecule has 4 rings (SSSR count). The number of pyridine rings is 2. The van der Waals surface area contributed by atoms with Gasteiger partial charge in [-0.15, -0.1) is 0 Å². The average molecular weight is 467 g/mol. The quantitative estimate of drug-likeness (QED) is 0.697. The van der Waals surface area contributed by atoms with Crippen LogP contribution in [0.15, 0.2) is 47.7 Å². The van der Waals surface area contributed by atoms with Crippen molar-refractivity contribution in [2.75, 3.05) is 49.2 Å². The lowest BCUT2D eigenvalue weighted by Gasteiger charge is -2.43. The van der Waals surface area contributed by atoms with E-state index in [0.717, 1.165) is 28.3 Å². The van der Waals surface area contributed by atoms with Crippen LogP contribution < -0.4 is 15.4 Å². The molecular formula is C21H21F4N5O3. The van der Waals surface area contributed by atoms with Crippen molar-refractivity contribution < 1.29 is 27.1 Å². The number of nitrogens with zero attached hydrogens (tertiary/aromatic N) is 4. The van der Waals surface area contributed by atoms with E-state index < -0.39 is 36.0 Å². The van der Waals surface area contributed by atoms with Gasteiger partial charge in [-0.2, -0.15) is 13.2 Å². The Morgan fingerprint density at radius 1 is 1.18 bits per heavy atom. The third-order valence-corrected chi connectivity index (χ3v) is 5.54. The average Bonchev–Trinajstić information content (AvgIpc) is 2.77. The number of aromatic amines is 1. The smallest absolute Gasteiger partial charge is 0.373 e. The zero-order chi connectivity index (χ0) is 23.8. The van der Waals surface area contributed by atoms with Crippen molar-refractivity contribution in [2.24, 2.45) is 0 Å². The van der Waals surface area contributed by atoms with Crippen LogP contribution in [0.4, 0.5) is 29.1 Å². The van der Waals surface area contributed by atoms with Gasteiger partial charge in [-0.1, -0.05) is 6.58 Å². The van der Waals surface area contributed by atoms with E-state index in [-0.39, 0.29) is 31.1 Å². The highest BCUT2D eigenvalue weighted by Gasteiger charge is 2.48. The Morgan fingerprint density at radius 3 is 2.67 bits per heavy atom. The van der Waals surface area contributed by atoms with Crippen molar-refractivity contribution in [1.29, 1.82) is 0 Å². The first-order valence-corrected chi connectivity index (χ1v) is 10.1. The van der Waals surface area contributed by atoms with Crippen molar-refractivity contribution in [1.82, 2.24) is 14.9 Å². The Kier molecular flexibility index (Phi) is 6.11. The summed E-state index contributed by atoms with van der Waals surface area (Å²) in [6.45, 7) is 4.00. The lowest BCUT2D eigenvalue weighted by Crippen LogP contribution is -2.60. The lowest BCUT2D eigenvalue weighted by molar-refractivity contribution is -0.154. The number of rotatable bonds is 3. The highest BCUT2D eigenvalue weighted by molar-refractivity contribution is 5.94. The molecule has 0 radical (unpaired) electrons. The van der Waals surface area contributed by atoms with Crippen LogP contribution in [-0.4, -0.2) is 72.4 Å². The second kappa shape index (κ2) is 8.85. The molecule has 4 heterocycles. The fourth-order valence-electron chi connectivity index (χ4n) is 3.97. The second-order valence-electron chi connectivity index (χ2n) is 7.75. The SMILES string of the molecule is C=C1COCCN1c1cc(N2CCN(C(=O)c3cncc(F)c3)CC2C(F)(F)F)[nH]c(=O)c1. The summed E-state index contributed by atoms with van der Waals surface area (Å²) in [6, 6.07) is 1.61. The molecule has 2 fully saturated rings. The summed E-state index contributed by atoms with van der Waals surface area (Å²) in [6.07, 6.45) is -2.69. The van der Waals surface area contributed by atoms with Gasteiger partial charge in [-0.25, -0.2) is 4.39 Å². The molecule has 1 amide bonds. The van der Waals surface area contributed by atoms with E-state index in [9.17, 15) is 27.2 Å². The number of morpholine rings is 1. The predicted octanol–water partition coefficient (Wildman–Crippen LogP) is 2.15. The van der Waals surface area contributed by atoms with Crippen LogP contribution in [0.3, 0.4) is 0 Å². The van der Waals surface area contributed by atoms with E-state index in [1.165, 1.54) is 12.1 Å². The first kappa shape index (κ1) is 22.8. The van der Waals surface area contributed by atoms with Crippen LogP contribution in [0.5, 0.6) is 0 Å². The molecule has 12 heteroatoms. The summed E-state index contributed by atoms with van der Waals surface area (Å²) in [7, 11) is 0. The molecule has 0 spiro atoms. The number of nitrogens with one attached hydrogen (secondary N) is 1. The first-order chi connectivity index (χ1) is 15.6. The molecule has 0 saturated carbocycles. The normalized spacial score (nSPS) is 19.7. The highest BCUT2D eigenvalue weighted by atomic mass is 19.4. The molecule has 176 valence electrons. The van der Waals surface area contributed by atoms with Gasteiger partial charge < -0.3 is 24.4 Å². The third-order valence-electron chi connectivity index (χ3n) is 5.54. The van der Waals surface area contributed by atoms with Gasteiger partial charge in [-0.3, -0.25) is 14.6 Å². The Hall–Kier alpha value is -3.41. The van der Waals surface area contributed by atoms with Crippen LogP contribution in [0, 0.1) is 5.82 Å². The molecule has 1 atom stereocenters. The van der Waals surface area contributed by atoms with Gasteiger partial charge in [0.2, 0.25) is 0 Å². The van der Waals surface area contributed by atoms with Gasteiger partial charge in [0.15, 0.2) is 0 Å². The van der Waals surface area contributed by atoms with E-state index in [2.05, 4.69) is 16.5 Å². The summed E-state index contributed by atoms with van der Waals surface area (Å²) < 4.78 is 60.8. The predicted molar refractivity (Wildman–Crippen MR) is 112 cm³/mol. The van der Waals surface area contributed by atoms with Crippen LogP contribution in [-0.2, 0) is 4.74 Å². The van der Waals surface area contributed by atoms with Crippen molar-refractivity contribution >= 4 is 17.4 Å². The second-order valence-corrected chi connectivity index (χ2v) is 7.75. The highest BCUT2D eigenvalue weighted by Crippen LogP contribution is 2.33. The Labute approximate surface area is 186 Å². The number of hydrogen-bond donors (Lipinski definition) is 1. The molecule has 2 saturated heterocycles. The Balaban J connectivity index is 1.62. The number of carbonyl (C=O) groups excluding carboxylic acids is 1. The molecule has 0 aromatic carbocycles. The minimum absolute atomic E-state index is 0.0151. The number of ether oxygens (including phenoxy) is 1. The number of piperazine rings is 1. The van der Waals surface area contributed by atoms with E-state index in [1.54, 1.807) is 4.90 Å². The maximum atomic E-state index is 14.0. The summed E-state index contributed by atoms with van der Waals surface area (Å²) >= 11 is 0. The number of H-pyrrole nitrogens is 1. The van der Waals surface area contributed by atoms with E-state index in [1.807, 2.05) is 0 Å². The van der Waals surface area contributed by atoms with E-state index in [4.69, 9.17) is 4.74 Å². The van der Waals surface area contributed by atoms with Gasteiger partial charge in [0, 0.05) is 43.7 Å². The maximum Gasteiger partial charge on any atom is 0.410 e. The molecule has 2 aliphatic rings. The fourth-order valence-corrected chi connectivity index (χ4v) is 3.97. The van der Waals surface area contributed by atoms with Gasteiger partial charge in [0.05, 0.1) is 37.2 Å². The number of hydrogen-bond acceptors (Lipinski definition) is 6. The molecule has 33 heavy (non-hydrogen) atoms. The van der Waals surface area contributed by atoms with Crippen molar-refractivity contribution in [3.63, 3.8) is 0 Å². The van der Waals surface area contributed by atoms with Crippen molar-refractivity contribution in [2.45, 2.75) is 12.2 Å². The summed E-state index contributed by atoms with van der Waals surface area (Å²) in [5.74, 6) is -1.52. The van der Waals surface area contributed by atoms with Crippen molar-refractivity contribution in [3.8, 4) is 0 Å². The summed E-state index contributed by atoms with van der Waals surface area (Å²) in [5, 5.41) is 0. The minimum atomic E-state index is -4.70. The Bertz CT molecular complexity index is 1120. The molecule has 1 unspecified atom stereocenters. The molecule has 2 aromatic rings. The van der Waals surface area contributed by atoms with Gasteiger partial charge in [0.1, 0.15) is 17.7 Å². The molecular weight excluding hydrogens is 446 g/mol. The maximum absolute atomic E-state index is 14.0. The summed E-state index contributed by atoms with van der Waals surface area (Å²) in [5.41, 5.74) is 0.300.